The highest BCUT2D eigenvalue weighted by Gasteiger charge is 2.17. The van der Waals surface area contributed by atoms with Crippen LogP contribution in [0.25, 0.3) is 17.0 Å². The normalized spacial score (nSPS) is 15.5. The summed E-state index contributed by atoms with van der Waals surface area (Å²) in [5.41, 5.74) is 4.57. The van der Waals surface area contributed by atoms with Gasteiger partial charge >= 0.3 is 0 Å². The Hall–Kier alpha value is -3.67. The van der Waals surface area contributed by atoms with Gasteiger partial charge in [-0.1, -0.05) is 23.7 Å². The number of imidazole rings is 1. The molecule has 9 heteroatoms. The molecular weight excluding hydrogens is 460 g/mol. The molecular formula is C26H27ClN8. The van der Waals surface area contributed by atoms with Crippen molar-refractivity contribution >= 4 is 28.9 Å². The zero-order chi connectivity index (χ0) is 24.4. The Labute approximate surface area is 209 Å². The smallest absolute Gasteiger partial charge is 0.223 e. The van der Waals surface area contributed by atoms with E-state index in [1.165, 1.54) is 12.1 Å². The van der Waals surface area contributed by atoms with Gasteiger partial charge in [-0.15, -0.1) is 0 Å². The molecule has 1 aliphatic rings. The molecule has 35 heavy (non-hydrogen) atoms. The number of aromatic nitrogens is 4. The van der Waals surface area contributed by atoms with Crippen molar-refractivity contribution in [2.75, 3.05) is 43.4 Å². The van der Waals surface area contributed by atoms with E-state index in [9.17, 15) is 5.26 Å². The quantitative estimate of drug-likeness (QED) is 0.440. The third-order valence-corrected chi connectivity index (χ3v) is 6.76. The third kappa shape index (κ3) is 4.78. The lowest BCUT2D eigenvalue weighted by molar-refractivity contribution is 0.360. The van der Waals surface area contributed by atoms with Crippen LogP contribution in [0.1, 0.15) is 30.5 Å². The number of benzene rings is 1. The molecule has 4 aromatic rings. The second-order valence-corrected chi connectivity index (χ2v) is 9.27. The third-order valence-electron chi connectivity index (χ3n) is 6.46. The van der Waals surface area contributed by atoms with Gasteiger partial charge in [0.05, 0.1) is 34.7 Å². The van der Waals surface area contributed by atoms with E-state index in [2.05, 4.69) is 74.4 Å². The monoisotopic (exact) mass is 486 g/mol. The van der Waals surface area contributed by atoms with Crippen LogP contribution in [0.4, 0.5) is 11.6 Å². The summed E-state index contributed by atoms with van der Waals surface area (Å²) < 4.78 is 1.83. The number of hydrogen-bond donors (Lipinski definition) is 1. The highest BCUT2D eigenvalue weighted by atomic mass is 35.5. The molecule has 0 saturated carbocycles. The van der Waals surface area contributed by atoms with E-state index in [1.54, 1.807) is 18.5 Å². The van der Waals surface area contributed by atoms with Crippen molar-refractivity contribution in [1.82, 2.24) is 24.3 Å². The molecule has 178 valence electrons. The molecule has 1 aromatic carbocycles. The Morgan fingerprint density at radius 3 is 2.69 bits per heavy atom. The molecule has 0 radical (unpaired) electrons. The Balaban J connectivity index is 1.36. The van der Waals surface area contributed by atoms with E-state index in [4.69, 9.17) is 11.6 Å². The predicted octanol–water partition coefficient (Wildman–Crippen LogP) is 4.63. The van der Waals surface area contributed by atoms with Gasteiger partial charge in [-0.25, -0.2) is 15.0 Å². The summed E-state index contributed by atoms with van der Waals surface area (Å²) in [6, 6.07) is 14.5. The first-order chi connectivity index (χ1) is 17.0. The maximum absolute atomic E-state index is 9.65. The van der Waals surface area contributed by atoms with E-state index in [1.807, 2.05) is 16.7 Å². The second-order valence-electron chi connectivity index (χ2n) is 8.86. The fraction of sp³-hybridized carbons (Fsp3) is 0.308. The summed E-state index contributed by atoms with van der Waals surface area (Å²) >= 11 is 6.28. The van der Waals surface area contributed by atoms with Crippen LogP contribution < -0.4 is 10.2 Å². The van der Waals surface area contributed by atoms with E-state index in [0.717, 1.165) is 31.7 Å². The summed E-state index contributed by atoms with van der Waals surface area (Å²) in [4.78, 5) is 18.3. The number of anilines is 2. The van der Waals surface area contributed by atoms with Crippen molar-refractivity contribution in [3.05, 3.63) is 71.1 Å². The van der Waals surface area contributed by atoms with Crippen LogP contribution in [0.15, 0.2) is 55.0 Å². The summed E-state index contributed by atoms with van der Waals surface area (Å²) in [5, 5.41) is 13.6. The molecule has 0 bridgehead atoms. The first-order valence-corrected chi connectivity index (χ1v) is 12.1. The van der Waals surface area contributed by atoms with Crippen LogP contribution in [0.2, 0.25) is 5.02 Å². The van der Waals surface area contributed by atoms with E-state index < -0.39 is 0 Å². The Morgan fingerprint density at radius 1 is 1.06 bits per heavy atom. The molecule has 3 aromatic heterocycles. The number of nitrogens with one attached hydrogen (secondary N) is 1. The summed E-state index contributed by atoms with van der Waals surface area (Å²) in [7, 11) is 2.18. The minimum Gasteiger partial charge on any atom is -0.370 e. The highest BCUT2D eigenvalue weighted by Crippen LogP contribution is 2.27. The minimum atomic E-state index is -0.0169. The van der Waals surface area contributed by atoms with Crippen molar-refractivity contribution in [1.29, 1.82) is 5.26 Å². The molecule has 0 spiro atoms. The predicted molar refractivity (Wildman–Crippen MR) is 139 cm³/mol. The largest absolute Gasteiger partial charge is 0.370 e. The summed E-state index contributed by atoms with van der Waals surface area (Å²) in [6.07, 6.45) is 6.25. The standard InChI is InChI=1S/C26H27ClN8/c1-18(19-6-8-21(9-7-19)34-11-4-10-33(2)13-14-34)31-26-30-16-20(15-28)24(32-26)23-17-29-25-22(27)5-3-12-35(23)25/h3,5-9,12,16-18H,4,10-11,13-14H2,1-2H3,(H,30,31,32)/t18-/m0/s1. The van der Waals surface area contributed by atoms with Crippen LogP contribution in [0.5, 0.6) is 0 Å². The van der Waals surface area contributed by atoms with E-state index >= 15 is 0 Å². The van der Waals surface area contributed by atoms with Crippen molar-refractivity contribution in [2.45, 2.75) is 19.4 Å². The molecule has 1 aliphatic heterocycles. The van der Waals surface area contributed by atoms with Crippen LogP contribution >= 0.6 is 11.6 Å². The van der Waals surface area contributed by atoms with E-state index in [-0.39, 0.29) is 6.04 Å². The summed E-state index contributed by atoms with van der Waals surface area (Å²) in [6.45, 7) is 6.42. The molecule has 0 aliphatic carbocycles. The fourth-order valence-electron chi connectivity index (χ4n) is 4.44. The lowest BCUT2D eigenvalue weighted by atomic mass is 10.1. The van der Waals surface area contributed by atoms with Crippen LogP contribution in [-0.4, -0.2) is 57.5 Å². The number of pyridine rings is 1. The number of hydrogen-bond acceptors (Lipinski definition) is 7. The van der Waals surface area contributed by atoms with Crippen molar-refractivity contribution in [2.24, 2.45) is 0 Å². The highest BCUT2D eigenvalue weighted by molar-refractivity contribution is 6.33. The molecule has 5 rings (SSSR count). The second kappa shape index (κ2) is 9.90. The molecule has 0 amide bonds. The summed E-state index contributed by atoms with van der Waals surface area (Å²) in [5.74, 6) is 0.447. The number of fused-ring (bicyclic) bond motifs is 1. The molecule has 4 heterocycles. The molecule has 0 unspecified atom stereocenters. The van der Waals surface area contributed by atoms with Crippen molar-refractivity contribution in [3.8, 4) is 17.5 Å². The fourth-order valence-corrected chi connectivity index (χ4v) is 4.65. The van der Waals surface area contributed by atoms with Crippen LogP contribution in [0, 0.1) is 11.3 Å². The van der Waals surface area contributed by atoms with Crippen molar-refractivity contribution < 1.29 is 0 Å². The maximum atomic E-state index is 9.65. The lowest BCUT2D eigenvalue weighted by Gasteiger charge is -2.23. The van der Waals surface area contributed by atoms with E-state index in [0.29, 0.717) is 33.6 Å². The number of nitriles is 1. The number of nitrogens with zero attached hydrogens (tertiary/aromatic N) is 7. The number of rotatable bonds is 5. The zero-order valence-corrected chi connectivity index (χ0v) is 20.6. The van der Waals surface area contributed by atoms with Gasteiger partial charge < -0.3 is 15.1 Å². The Bertz CT molecular complexity index is 1370. The van der Waals surface area contributed by atoms with Gasteiger partial charge in [0.1, 0.15) is 11.8 Å². The van der Waals surface area contributed by atoms with Gasteiger partial charge in [-0.2, -0.15) is 5.26 Å². The average Bonchev–Trinajstić information content (AvgIpc) is 3.19. The molecule has 1 atom stereocenters. The molecule has 1 N–H and O–H groups in total. The molecule has 1 saturated heterocycles. The van der Waals surface area contributed by atoms with Gasteiger partial charge in [0.15, 0.2) is 5.65 Å². The molecule has 8 nitrogen and oxygen atoms in total. The minimum absolute atomic E-state index is 0.0169. The number of likely N-dealkylation sites (N-methyl/N-ethyl adjacent to an activating group) is 1. The van der Waals surface area contributed by atoms with Gasteiger partial charge in [-0.05, 0) is 56.8 Å². The van der Waals surface area contributed by atoms with Crippen molar-refractivity contribution in [3.63, 3.8) is 0 Å². The number of halogens is 1. The first-order valence-electron chi connectivity index (χ1n) is 11.7. The topological polar surface area (TPSA) is 85.4 Å². The van der Waals surface area contributed by atoms with Crippen LogP contribution in [-0.2, 0) is 0 Å². The Kier molecular flexibility index (Phi) is 6.53. The average molecular weight is 487 g/mol. The van der Waals surface area contributed by atoms with Gasteiger partial charge in [0, 0.05) is 31.5 Å². The SMILES string of the molecule is C[C@H](Nc1ncc(C#N)c(-c2cnc3c(Cl)cccn23)n1)c1ccc(N2CCCN(C)CC2)cc1. The van der Waals surface area contributed by atoms with Gasteiger partial charge in [-0.3, -0.25) is 4.40 Å². The maximum Gasteiger partial charge on any atom is 0.223 e. The first kappa shape index (κ1) is 23.1. The van der Waals surface area contributed by atoms with Gasteiger partial charge in [0.25, 0.3) is 0 Å². The Morgan fingerprint density at radius 2 is 1.89 bits per heavy atom. The van der Waals surface area contributed by atoms with Gasteiger partial charge in [0.2, 0.25) is 5.95 Å². The lowest BCUT2D eigenvalue weighted by Crippen LogP contribution is -2.28. The zero-order valence-electron chi connectivity index (χ0n) is 19.8. The van der Waals surface area contributed by atoms with Crippen LogP contribution in [0.3, 0.4) is 0 Å². The molecule has 1 fully saturated rings.